The highest BCUT2D eigenvalue weighted by molar-refractivity contribution is 9.09. The number of carbonyl (C=O) groups excluding carboxylic acids is 1. The largest absolute Gasteiger partial charge is 0.462 e. The molecule has 0 aliphatic carbocycles. The van der Waals surface area contributed by atoms with Gasteiger partial charge in [-0.2, -0.15) is 0 Å². The minimum atomic E-state index is -0.0780. The molecule has 1 aliphatic rings. The van der Waals surface area contributed by atoms with E-state index in [1.807, 2.05) is 26.0 Å². The molecular formula is C9H11BrO2. The van der Waals surface area contributed by atoms with Crippen LogP contribution < -0.4 is 0 Å². The van der Waals surface area contributed by atoms with E-state index in [2.05, 4.69) is 15.9 Å². The van der Waals surface area contributed by atoms with Crippen molar-refractivity contribution in [1.82, 2.24) is 0 Å². The van der Waals surface area contributed by atoms with Crippen LogP contribution in [0, 0.1) is 5.41 Å². The van der Waals surface area contributed by atoms with Crippen molar-refractivity contribution < 1.29 is 9.53 Å². The number of carbonyl (C=O) groups is 1. The van der Waals surface area contributed by atoms with Gasteiger partial charge < -0.3 is 4.74 Å². The smallest absolute Gasteiger partial charge is 0.208 e. The zero-order chi connectivity index (χ0) is 9.19. The Balaban J connectivity index is 2.81. The van der Waals surface area contributed by atoms with Gasteiger partial charge in [0.05, 0.1) is 11.6 Å². The third kappa shape index (κ3) is 2.21. The molecule has 1 aliphatic heterocycles. The van der Waals surface area contributed by atoms with Gasteiger partial charge in [-0.3, -0.25) is 4.79 Å². The molecule has 0 aromatic heterocycles. The number of rotatable bonds is 2. The van der Waals surface area contributed by atoms with Crippen molar-refractivity contribution in [2.24, 2.45) is 5.41 Å². The molecule has 0 bridgehead atoms. The predicted octanol–water partition coefficient (Wildman–Crippen LogP) is 2.40. The maximum absolute atomic E-state index is 11.2. The number of allylic oxidation sites excluding steroid dienone is 3. The van der Waals surface area contributed by atoms with Gasteiger partial charge >= 0.3 is 0 Å². The average Bonchev–Trinajstić information content (AvgIpc) is 2.01. The summed E-state index contributed by atoms with van der Waals surface area (Å²) in [6.45, 7) is 4.04. The highest BCUT2D eigenvalue weighted by atomic mass is 79.9. The van der Waals surface area contributed by atoms with Crippen LogP contribution in [0.15, 0.2) is 24.2 Å². The van der Waals surface area contributed by atoms with Gasteiger partial charge in [-0.05, 0) is 12.2 Å². The summed E-state index contributed by atoms with van der Waals surface area (Å²) in [5, 5.41) is 0.308. The Morgan fingerprint density at radius 3 is 2.83 bits per heavy atom. The average molecular weight is 231 g/mol. The van der Waals surface area contributed by atoms with Gasteiger partial charge in [-0.15, -0.1) is 0 Å². The fourth-order valence-electron chi connectivity index (χ4n) is 0.915. The fourth-order valence-corrected chi connectivity index (χ4v) is 1.19. The van der Waals surface area contributed by atoms with Gasteiger partial charge in [0.2, 0.25) is 5.78 Å². The molecule has 1 heterocycles. The van der Waals surface area contributed by atoms with Gasteiger partial charge in [0.15, 0.2) is 5.76 Å². The number of ketones is 1. The Kier molecular flexibility index (Phi) is 2.73. The number of halogens is 1. The highest BCUT2D eigenvalue weighted by Crippen LogP contribution is 2.26. The van der Waals surface area contributed by atoms with Crippen molar-refractivity contribution in [2.75, 3.05) is 5.33 Å². The number of alkyl halides is 1. The van der Waals surface area contributed by atoms with E-state index in [4.69, 9.17) is 4.74 Å². The maximum Gasteiger partial charge on any atom is 0.208 e. The van der Waals surface area contributed by atoms with E-state index in [1.54, 1.807) is 6.26 Å². The summed E-state index contributed by atoms with van der Waals surface area (Å²) in [5.74, 6) is 0.409. The van der Waals surface area contributed by atoms with Crippen LogP contribution in [0.25, 0.3) is 0 Å². The Bertz CT molecular complexity index is 251. The van der Waals surface area contributed by atoms with E-state index >= 15 is 0 Å². The summed E-state index contributed by atoms with van der Waals surface area (Å²) in [6.07, 6.45) is 5.31. The molecule has 0 saturated heterocycles. The molecule has 0 radical (unpaired) electrons. The van der Waals surface area contributed by atoms with Crippen LogP contribution in [0.5, 0.6) is 0 Å². The Hall–Kier alpha value is -0.570. The summed E-state index contributed by atoms with van der Waals surface area (Å²) in [4.78, 5) is 11.2. The van der Waals surface area contributed by atoms with E-state index in [0.717, 1.165) is 0 Å². The quantitative estimate of drug-likeness (QED) is 0.682. The first-order valence-corrected chi connectivity index (χ1v) is 4.84. The van der Waals surface area contributed by atoms with Gasteiger partial charge in [-0.25, -0.2) is 0 Å². The second kappa shape index (κ2) is 3.44. The van der Waals surface area contributed by atoms with Gasteiger partial charge in [-0.1, -0.05) is 29.8 Å². The molecule has 0 N–H and O–H groups in total. The van der Waals surface area contributed by atoms with Crippen LogP contribution >= 0.6 is 15.9 Å². The zero-order valence-electron chi connectivity index (χ0n) is 7.13. The third-order valence-corrected chi connectivity index (χ3v) is 2.10. The molecule has 3 heteroatoms. The summed E-state index contributed by atoms with van der Waals surface area (Å²) < 4.78 is 5.07. The van der Waals surface area contributed by atoms with Crippen LogP contribution in [0.4, 0.5) is 0 Å². The summed E-state index contributed by atoms with van der Waals surface area (Å²) in [5.41, 5.74) is -0.0780. The monoisotopic (exact) mass is 230 g/mol. The Morgan fingerprint density at radius 1 is 1.67 bits per heavy atom. The number of ether oxygens (including phenoxy) is 1. The topological polar surface area (TPSA) is 26.3 Å². The predicted molar refractivity (Wildman–Crippen MR) is 50.9 cm³/mol. The lowest BCUT2D eigenvalue weighted by Gasteiger charge is -2.20. The minimum absolute atomic E-state index is 0.0209. The molecule has 12 heavy (non-hydrogen) atoms. The molecule has 2 nitrogen and oxygen atoms in total. The van der Waals surface area contributed by atoms with Crippen molar-refractivity contribution in [3.05, 3.63) is 24.2 Å². The Labute approximate surface area is 80.4 Å². The first-order valence-electron chi connectivity index (χ1n) is 3.71. The van der Waals surface area contributed by atoms with Crippen LogP contribution in [0.3, 0.4) is 0 Å². The van der Waals surface area contributed by atoms with Crippen molar-refractivity contribution in [2.45, 2.75) is 13.8 Å². The fraction of sp³-hybridized carbons (Fsp3) is 0.444. The Morgan fingerprint density at radius 2 is 2.33 bits per heavy atom. The van der Waals surface area contributed by atoms with E-state index in [0.29, 0.717) is 11.1 Å². The summed E-state index contributed by atoms with van der Waals surface area (Å²) in [7, 11) is 0. The molecule has 0 aromatic rings. The first-order chi connectivity index (χ1) is 5.55. The lowest BCUT2D eigenvalue weighted by atomic mass is 9.91. The van der Waals surface area contributed by atoms with Gasteiger partial charge in [0.25, 0.3) is 0 Å². The molecule has 66 valence electrons. The molecule has 0 spiro atoms. The van der Waals surface area contributed by atoms with Crippen molar-refractivity contribution >= 4 is 21.7 Å². The van der Waals surface area contributed by atoms with Gasteiger partial charge in [0.1, 0.15) is 0 Å². The first kappa shape index (κ1) is 9.52. The standard InChI is InChI=1S/C9H11BrO2/c1-9(2)3-4-12-8(5-9)7(11)6-10/h3-5H,6H2,1-2H3. The SMILES string of the molecule is CC1(C)C=COC(C(=O)CBr)=C1. The van der Waals surface area contributed by atoms with Crippen molar-refractivity contribution in [1.29, 1.82) is 0 Å². The number of hydrogen-bond acceptors (Lipinski definition) is 2. The zero-order valence-corrected chi connectivity index (χ0v) is 8.72. The summed E-state index contributed by atoms with van der Waals surface area (Å²) >= 11 is 3.09. The highest BCUT2D eigenvalue weighted by Gasteiger charge is 2.20. The summed E-state index contributed by atoms with van der Waals surface area (Å²) in [6, 6.07) is 0. The minimum Gasteiger partial charge on any atom is -0.462 e. The molecule has 0 amide bonds. The third-order valence-electron chi connectivity index (χ3n) is 1.59. The molecule has 0 saturated carbocycles. The normalized spacial score (nSPS) is 19.8. The van der Waals surface area contributed by atoms with E-state index in [1.165, 1.54) is 0 Å². The molecule has 1 rings (SSSR count). The molecule has 0 atom stereocenters. The molecule has 0 fully saturated rings. The van der Waals surface area contributed by atoms with Crippen LogP contribution in [-0.2, 0) is 9.53 Å². The van der Waals surface area contributed by atoms with E-state index in [9.17, 15) is 4.79 Å². The van der Waals surface area contributed by atoms with Crippen molar-refractivity contribution in [3.8, 4) is 0 Å². The van der Waals surface area contributed by atoms with E-state index < -0.39 is 0 Å². The second-order valence-electron chi connectivity index (χ2n) is 3.31. The van der Waals surface area contributed by atoms with Crippen LogP contribution in [0.2, 0.25) is 0 Å². The van der Waals surface area contributed by atoms with Gasteiger partial charge in [0, 0.05) is 5.41 Å². The lowest BCUT2D eigenvalue weighted by molar-refractivity contribution is -0.115. The number of Topliss-reactive ketones (excluding diaryl/α,β-unsaturated/α-hetero) is 1. The maximum atomic E-state index is 11.2. The van der Waals surface area contributed by atoms with Crippen LogP contribution in [-0.4, -0.2) is 11.1 Å². The van der Waals surface area contributed by atoms with Crippen LogP contribution in [0.1, 0.15) is 13.8 Å². The van der Waals surface area contributed by atoms with Crippen molar-refractivity contribution in [3.63, 3.8) is 0 Å². The number of hydrogen-bond donors (Lipinski definition) is 0. The molecular weight excluding hydrogens is 220 g/mol. The second-order valence-corrected chi connectivity index (χ2v) is 3.87. The van der Waals surface area contributed by atoms with E-state index in [-0.39, 0.29) is 11.2 Å². The lowest BCUT2D eigenvalue weighted by Crippen LogP contribution is -2.15. The molecule has 0 unspecified atom stereocenters. The molecule has 0 aromatic carbocycles.